The van der Waals surface area contributed by atoms with Crippen molar-refractivity contribution in [1.82, 2.24) is 9.80 Å². The summed E-state index contributed by atoms with van der Waals surface area (Å²) in [6.45, 7) is 14.0. The van der Waals surface area contributed by atoms with Crippen molar-refractivity contribution in [3.63, 3.8) is 0 Å². The standard InChI is InChI=1S/C13H26N2O2/c1-8-10(3)16-12(5)14(8)7-15-9(2)11(4)17-13(15)6/h8-13H,7H2,1-6H3. The average Bonchev–Trinajstić information content (AvgIpc) is 2.62. The van der Waals surface area contributed by atoms with Crippen LogP contribution in [0.3, 0.4) is 0 Å². The molecule has 2 aliphatic rings. The zero-order valence-electron chi connectivity index (χ0n) is 11.9. The van der Waals surface area contributed by atoms with Crippen molar-refractivity contribution >= 4 is 0 Å². The van der Waals surface area contributed by atoms with Crippen molar-refractivity contribution in [2.45, 2.75) is 78.3 Å². The van der Waals surface area contributed by atoms with E-state index in [0.717, 1.165) is 6.67 Å². The largest absolute Gasteiger partial charge is 0.359 e. The fourth-order valence-electron chi connectivity index (χ4n) is 2.88. The van der Waals surface area contributed by atoms with Gasteiger partial charge in [-0.1, -0.05) is 0 Å². The number of hydrogen-bond acceptors (Lipinski definition) is 4. The summed E-state index contributed by atoms with van der Waals surface area (Å²) in [5, 5.41) is 0. The van der Waals surface area contributed by atoms with Gasteiger partial charge in [-0.15, -0.1) is 0 Å². The van der Waals surface area contributed by atoms with Crippen LogP contribution in [0.5, 0.6) is 0 Å². The molecule has 0 aromatic heterocycles. The Balaban J connectivity index is 2.01. The van der Waals surface area contributed by atoms with Gasteiger partial charge in [0.25, 0.3) is 0 Å². The second-order valence-electron chi connectivity index (χ2n) is 5.53. The molecule has 17 heavy (non-hydrogen) atoms. The Kier molecular flexibility index (Phi) is 3.78. The molecule has 0 amide bonds. The predicted octanol–water partition coefficient (Wildman–Crippen LogP) is 1.85. The van der Waals surface area contributed by atoms with Crippen molar-refractivity contribution < 1.29 is 9.47 Å². The maximum Gasteiger partial charge on any atom is 0.109 e. The molecule has 0 N–H and O–H groups in total. The third kappa shape index (κ3) is 2.36. The van der Waals surface area contributed by atoms with Gasteiger partial charge in [-0.05, 0) is 41.5 Å². The molecule has 0 bridgehead atoms. The minimum absolute atomic E-state index is 0.204. The zero-order chi connectivity index (χ0) is 12.7. The molecule has 0 aliphatic carbocycles. The molecule has 0 radical (unpaired) electrons. The normalized spacial score (nSPS) is 49.1. The Bertz CT molecular complexity index is 248. The highest BCUT2D eigenvalue weighted by molar-refractivity contribution is 4.86. The Labute approximate surface area is 105 Å². The van der Waals surface area contributed by atoms with E-state index in [2.05, 4.69) is 51.3 Å². The second kappa shape index (κ2) is 4.84. The minimum atomic E-state index is 0.204. The molecule has 0 aromatic carbocycles. The van der Waals surface area contributed by atoms with Crippen molar-refractivity contribution in [2.24, 2.45) is 0 Å². The van der Waals surface area contributed by atoms with Crippen molar-refractivity contribution in [3.8, 4) is 0 Å². The van der Waals surface area contributed by atoms with Gasteiger partial charge in [0.15, 0.2) is 0 Å². The molecule has 2 heterocycles. The summed E-state index contributed by atoms with van der Waals surface area (Å²) in [6.07, 6.45) is 1.04. The van der Waals surface area contributed by atoms with Gasteiger partial charge in [0.2, 0.25) is 0 Å². The highest BCUT2D eigenvalue weighted by Gasteiger charge is 2.40. The highest BCUT2D eigenvalue weighted by atomic mass is 16.5. The highest BCUT2D eigenvalue weighted by Crippen LogP contribution is 2.28. The van der Waals surface area contributed by atoms with E-state index in [1.165, 1.54) is 0 Å². The van der Waals surface area contributed by atoms with Crippen LogP contribution < -0.4 is 0 Å². The smallest absolute Gasteiger partial charge is 0.109 e. The molecule has 100 valence electrons. The van der Waals surface area contributed by atoms with Crippen molar-refractivity contribution in [1.29, 1.82) is 0 Å². The number of rotatable bonds is 2. The van der Waals surface area contributed by atoms with E-state index in [-0.39, 0.29) is 12.5 Å². The molecule has 2 saturated heterocycles. The predicted molar refractivity (Wildman–Crippen MR) is 67.5 cm³/mol. The first-order valence-electron chi connectivity index (χ1n) is 6.74. The van der Waals surface area contributed by atoms with E-state index < -0.39 is 0 Å². The summed E-state index contributed by atoms with van der Waals surface area (Å²) in [7, 11) is 0. The summed E-state index contributed by atoms with van der Waals surface area (Å²) >= 11 is 0. The lowest BCUT2D eigenvalue weighted by atomic mass is 10.2. The Hall–Kier alpha value is -0.160. The van der Waals surface area contributed by atoms with Crippen LogP contribution >= 0.6 is 0 Å². The first kappa shape index (κ1) is 13.3. The third-order valence-corrected chi connectivity index (χ3v) is 4.49. The number of hydrogen-bond donors (Lipinski definition) is 0. The first-order valence-corrected chi connectivity index (χ1v) is 6.74. The number of nitrogens with zero attached hydrogens (tertiary/aromatic N) is 2. The van der Waals surface area contributed by atoms with E-state index in [9.17, 15) is 0 Å². The summed E-state index contributed by atoms with van der Waals surface area (Å²) in [5.41, 5.74) is 0. The topological polar surface area (TPSA) is 24.9 Å². The Morgan fingerprint density at radius 1 is 0.706 bits per heavy atom. The van der Waals surface area contributed by atoms with Gasteiger partial charge in [-0.2, -0.15) is 0 Å². The molecular weight excluding hydrogens is 216 g/mol. The Morgan fingerprint density at radius 2 is 1.06 bits per heavy atom. The van der Waals surface area contributed by atoms with E-state index in [0.29, 0.717) is 24.3 Å². The van der Waals surface area contributed by atoms with Crippen molar-refractivity contribution in [3.05, 3.63) is 0 Å². The molecule has 2 fully saturated rings. The van der Waals surface area contributed by atoms with Crippen LogP contribution in [0.4, 0.5) is 0 Å². The quantitative estimate of drug-likeness (QED) is 0.738. The lowest BCUT2D eigenvalue weighted by molar-refractivity contribution is -0.0350. The monoisotopic (exact) mass is 242 g/mol. The summed E-state index contributed by atoms with van der Waals surface area (Å²) < 4.78 is 11.7. The average molecular weight is 242 g/mol. The molecule has 2 rings (SSSR count). The summed E-state index contributed by atoms with van der Waals surface area (Å²) in [6, 6.07) is 0.945. The molecule has 2 aliphatic heterocycles. The molecule has 0 saturated carbocycles. The maximum absolute atomic E-state index is 5.85. The first-order chi connectivity index (χ1) is 7.91. The van der Waals surface area contributed by atoms with Gasteiger partial charge in [0, 0.05) is 12.1 Å². The number of ether oxygens (including phenoxy) is 2. The lowest BCUT2D eigenvalue weighted by Gasteiger charge is -2.33. The van der Waals surface area contributed by atoms with Gasteiger partial charge in [-0.25, -0.2) is 0 Å². The van der Waals surface area contributed by atoms with Crippen LogP contribution in [0, 0.1) is 0 Å². The van der Waals surface area contributed by atoms with Crippen LogP contribution in [0.25, 0.3) is 0 Å². The molecule has 0 aromatic rings. The van der Waals surface area contributed by atoms with E-state index in [1.807, 2.05) is 0 Å². The molecule has 6 unspecified atom stereocenters. The van der Waals surface area contributed by atoms with Crippen LogP contribution in [-0.2, 0) is 9.47 Å². The molecule has 0 spiro atoms. The SMILES string of the molecule is CC1OC(C)N(CN2C(C)OC(C)C2C)C1C. The van der Waals surface area contributed by atoms with E-state index >= 15 is 0 Å². The molecular formula is C13H26N2O2. The van der Waals surface area contributed by atoms with Crippen LogP contribution in [0.2, 0.25) is 0 Å². The van der Waals surface area contributed by atoms with E-state index in [1.54, 1.807) is 0 Å². The maximum atomic E-state index is 5.85. The van der Waals surface area contributed by atoms with E-state index in [4.69, 9.17) is 9.47 Å². The minimum Gasteiger partial charge on any atom is -0.359 e. The van der Waals surface area contributed by atoms with Gasteiger partial charge in [0.05, 0.1) is 18.9 Å². The summed E-state index contributed by atoms with van der Waals surface area (Å²) in [4.78, 5) is 4.83. The van der Waals surface area contributed by atoms with Gasteiger partial charge >= 0.3 is 0 Å². The van der Waals surface area contributed by atoms with Crippen LogP contribution in [0.15, 0.2) is 0 Å². The van der Waals surface area contributed by atoms with Gasteiger partial charge in [-0.3, -0.25) is 9.80 Å². The zero-order valence-corrected chi connectivity index (χ0v) is 11.9. The van der Waals surface area contributed by atoms with Crippen LogP contribution in [0.1, 0.15) is 41.5 Å². The fraction of sp³-hybridized carbons (Fsp3) is 1.00. The van der Waals surface area contributed by atoms with Crippen LogP contribution in [-0.4, -0.2) is 53.2 Å². The fourth-order valence-corrected chi connectivity index (χ4v) is 2.88. The lowest BCUT2D eigenvalue weighted by Crippen LogP contribution is -2.48. The molecule has 6 atom stereocenters. The second-order valence-corrected chi connectivity index (χ2v) is 5.53. The molecule has 4 heteroatoms. The summed E-state index contributed by atoms with van der Waals surface area (Å²) in [5.74, 6) is 0. The van der Waals surface area contributed by atoms with Gasteiger partial charge < -0.3 is 9.47 Å². The Morgan fingerprint density at radius 3 is 1.29 bits per heavy atom. The molecule has 4 nitrogen and oxygen atoms in total. The third-order valence-electron chi connectivity index (χ3n) is 4.49. The van der Waals surface area contributed by atoms with Crippen molar-refractivity contribution in [2.75, 3.05) is 6.67 Å². The van der Waals surface area contributed by atoms with Gasteiger partial charge in [0.1, 0.15) is 12.5 Å².